The lowest BCUT2D eigenvalue weighted by Gasteiger charge is -2.39. The minimum atomic E-state index is -0.114. The molecule has 0 aromatic carbocycles. The van der Waals surface area contributed by atoms with Gasteiger partial charge in [-0.15, -0.1) is 0 Å². The van der Waals surface area contributed by atoms with Gasteiger partial charge in [-0.3, -0.25) is 0 Å². The molecule has 0 aliphatic rings. The molecule has 92 valence electrons. The number of rotatable bonds is 8. The van der Waals surface area contributed by atoms with E-state index in [1.165, 1.54) is 6.42 Å². The van der Waals surface area contributed by atoms with Crippen molar-refractivity contribution in [1.82, 2.24) is 10.6 Å². The first-order valence-electron chi connectivity index (χ1n) is 6.11. The van der Waals surface area contributed by atoms with Crippen molar-refractivity contribution < 1.29 is 0 Å². The van der Waals surface area contributed by atoms with Crippen molar-refractivity contribution >= 4 is 0 Å². The fraction of sp³-hybridized carbons (Fsp3) is 1.00. The zero-order valence-electron chi connectivity index (χ0n) is 11.1. The monoisotopic (exact) mass is 215 g/mol. The van der Waals surface area contributed by atoms with E-state index in [1.54, 1.807) is 0 Å². The second-order valence-electron chi connectivity index (χ2n) is 4.76. The van der Waals surface area contributed by atoms with E-state index in [4.69, 9.17) is 5.73 Å². The van der Waals surface area contributed by atoms with Crippen LogP contribution in [0.4, 0.5) is 0 Å². The van der Waals surface area contributed by atoms with E-state index in [0.29, 0.717) is 12.0 Å². The molecule has 0 spiro atoms. The molecule has 0 fully saturated rings. The van der Waals surface area contributed by atoms with E-state index >= 15 is 0 Å². The van der Waals surface area contributed by atoms with E-state index in [-0.39, 0.29) is 5.54 Å². The SMILES string of the molecule is CCC(C)C(C)(N)C(CCCNC)NC. The Hall–Kier alpha value is -0.120. The first kappa shape index (κ1) is 14.9. The van der Waals surface area contributed by atoms with Gasteiger partial charge in [0.1, 0.15) is 0 Å². The van der Waals surface area contributed by atoms with Gasteiger partial charge in [0.2, 0.25) is 0 Å². The Labute approximate surface area is 95.2 Å². The zero-order valence-corrected chi connectivity index (χ0v) is 11.1. The molecule has 4 N–H and O–H groups in total. The van der Waals surface area contributed by atoms with Crippen LogP contribution in [0.1, 0.15) is 40.0 Å². The number of hydrogen-bond donors (Lipinski definition) is 3. The molecule has 0 aromatic heterocycles. The average Bonchev–Trinajstić information content (AvgIpc) is 2.22. The van der Waals surface area contributed by atoms with Crippen LogP contribution in [0.2, 0.25) is 0 Å². The highest BCUT2D eigenvalue weighted by Crippen LogP contribution is 2.23. The summed E-state index contributed by atoms with van der Waals surface area (Å²) < 4.78 is 0. The lowest BCUT2D eigenvalue weighted by Crippen LogP contribution is -2.58. The van der Waals surface area contributed by atoms with Crippen LogP contribution in [-0.4, -0.2) is 32.2 Å². The lowest BCUT2D eigenvalue weighted by atomic mass is 9.78. The van der Waals surface area contributed by atoms with Gasteiger partial charge in [0.15, 0.2) is 0 Å². The molecule has 0 radical (unpaired) electrons. The summed E-state index contributed by atoms with van der Waals surface area (Å²) in [5.41, 5.74) is 6.31. The predicted molar refractivity (Wildman–Crippen MR) is 68.1 cm³/mol. The minimum Gasteiger partial charge on any atom is -0.324 e. The molecule has 0 saturated carbocycles. The standard InChI is InChI=1S/C12H29N3/c1-6-10(2)12(3,13)11(15-5)8-7-9-14-4/h10-11,14-15H,6-9,13H2,1-5H3. The fourth-order valence-electron chi connectivity index (χ4n) is 2.03. The Kier molecular flexibility index (Phi) is 7.14. The highest BCUT2D eigenvalue weighted by atomic mass is 15.0. The molecule has 3 atom stereocenters. The third kappa shape index (κ3) is 4.49. The van der Waals surface area contributed by atoms with Gasteiger partial charge in [0.25, 0.3) is 0 Å². The van der Waals surface area contributed by atoms with Gasteiger partial charge in [-0.2, -0.15) is 0 Å². The third-order valence-electron chi connectivity index (χ3n) is 3.69. The van der Waals surface area contributed by atoms with Crippen molar-refractivity contribution in [3.63, 3.8) is 0 Å². The molecule has 3 heteroatoms. The first-order valence-corrected chi connectivity index (χ1v) is 6.11. The fourth-order valence-corrected chi connectivity index (χ4v) is 2.03. The van der Waals surface area contributed by atoms with Crippen LogP contribution in [0.15, 0.2) is 0 Å². The van der Waals surface area contributed by atoms with Gasteiger partial charge in [0.05, 0.1) is 0 Å². The topological polar surface area (TPSA) is 50.1 Å². The molecular formula is C12H29N3. The Balaban J connectivity index is 4.23. The molecule has 0 rings (SSSR count). The maximum atomic E-state index is 6.42. The van der Waals surface area contributed by atoms with Gasteiger partial charge >= 0.3 is 0 Å². The molecular weight excluding hydrogens is 186 g/mol. The van der Waals surface area contributed by atoms with Crippen molar-refractivity contribution in [2.45, 2.75) is 51.6 Å². The predicted octanol–water partition coefficient (Wildman–Crippen LogP) is 1.34. The lowest BCUT2D eigenvalue weighted by molar-refractivity contribution is 0.220. The average molecular weight is 215 g/mol. The van der Waals surface area contributed by atoms with Crippen LogP contribution >= 0.6 is 0 Å². The summed E-state index contributed by atoms with van der Waals surface area (Å²) in [5.74, 6) is 0.546. The summed E-state index contributed by atoms with van der Waals surface area (Å²) in [6, 6.07) is 0.404. The van der Waals surface area contributed by atoms with Gasteiger partial charge in [0, 0.05) is 11.6 Å². The van der Waals surface area contributed by atoms with E-state index < -0.39 is 0 Å². The molecule has 3 unspecified atom stereocenters. The van der Waals surface area contributed by atoms with Crippen molar-refractivity contribution in [2.24, 2.45) is 11.7 Å². The van der Waals surface area contributed by atoms with Crippen LogP contribution in [0.3, 0.4) is 0 Å². The summed E-state index contributed by atoms with van der Waals surface area (Å²) in [4.78, 5) is 0. The molecule has 0 bridgehead atoms. The van der Waals surface area contributed by atoms with Crippen LogP contribution in [0.5, 0.6) is 0 Å². The smallest absolute Gasteiger partial charge is 0.0307 e. The molecule has 0 saturated heterocycles. The van der Waals surface area contributed by atoms with Gasteiger partial charge in [-0.1, -0.05) is 20.3 Å². The van der Waals surface area contributed by atoms with Crippen molar-refractivity contribution in [3.05, 3.63) is 0 Å². The normalized spacial score (nSPS) is 19.6. The van der Waals surface area contributed by atoms with Gasteiger partial charge < -0.3 is 16.4 Å². The molecule has 15 heavy (non-hydrogen) atoms. The Bertz CT molecular complexity index is 157. The van der Waals surface area contributed by atoms with Crippen LogP contribution < -0.4 is 16.4 Å². The summed E-state index contributed by atoms with van der Waals surface area (Å²) >= 11 is 0. The molecule has 0 aromatic rings. The van der Waals surface area contributed by atoms with Crippen LogP contribution in [0.25, 0.3) is 0 Å². The number of nitrogens with one attached hydrogen (secondary N) is 2. The Morgan fingerprint density at radius 3 is 2.33 bits per heavy atom. The number of nitrogens with two attached hydrogens (primary N) is 1. The number of hydrogen-bond acceptors (Lipinski definition) is 3. The van der Waals surface area contributed by atoms with Crippen molar-refractivity contribution in [2.75, 3.05) is 20.6 Å². The minimum absolute atomic E-state index is 0.114. The molecule has 0 amide bonds. The second-order valence-corrected chi connectivity index (χ2v) is 4.76. The molecule has 0 aliphatic carbocycles. The van der Waals surface area contributed by atoms with Crippen LogP contribution in [-0.2, 0) is 0 Å². The quantitative estimate of drug-likeness (QED) is 0.536. The maximum absolute atomic E-state index is 6.42. The largest absolute Gasteiger partial charge is 0.324 e. The summed E-state index contributed by atoms with van der Waals surface area (Å²) in [5, 5.41) is 6.54. The highest BCUT2D eigenvalue weighted by molar-refractivity contribution is 4.95. The Morgan fingerprint density at radius 2 is 1.93 bits per heavy atom. The van der Waals surface area contributed by atoms with Crippen LogP contribution in [0, 0.1) is 5.92 Å². The van der Waals surface area contributed by atoms with E-state index in [2.05, 4.69) is 31.4 Å². The maximum Gasteiger partial charge on any atom is 0.0307 e. The molecule has 3 nitrogen and oxygen atoms in total. The van der Waals surface area contributed by atoms with Crippen molar-refractivity contribution in [1.29, 1.82) is 0 Å². The number of likely N-dealkylation sites (N-methyl/N-ethyl adjacent to an activating group) is 1. The first-order chi connectivity index (χ1) is 7.00. The van der Waals surface area contributed by atoms with Crippen molar-refractivity contribution in [3.8, 4) is 0 Å². The molecule has 0 heterocycles. The second kappa shape index (κ2) is 7.20. The molecule has 0 aliphatic heterocycles. The van der Waals surface area contributed by atoms with Gasteiger partial charge in [-0.05, 0) is 46.3 Å². The summed E-state index contributed by atoms with van der Waals surface area (Å²) in [6.07, 6.45) is 3.44. The van der Waals surface area contributed by atoms with E-state index in [9.17, 15) is 0 Å². The van der Waals surface area contributed by atoms with Gasteiger partial charge in [-0.25, -0.2) is 0 Å². The summed E-state index contributed by atoms with van der Waals surface area (Å²) in [6.45, 7) is 7.68. The highest BCUT2D eigenvalue weighted by Gasteiger charge is 2.32. The summed E-state index contributed by atoms with van der Waals surface area (Å²) in [7, 11) is 4.00. The Morgan fingerprint density at radius 1 is 1.33 bits per heavy atom. The van der Waals surface area contributed by atoms with E-state index in [0.717, 1.165) is 19.4 Å². The third-order valence-corrected chi connectivity index (χ3v) is 3.69. The van der Waals surface area contributed by atoms with E-state index in [1.807, 2.05) is 14.1 Å². The zero-order chi connectivity index (χ0) is 11.9.